The maximum Gasteiger partial charge on any atom is 0.243 e. The minimum absolute atomic E-state index is 0.0413. The molecule has 1 aliphatic heterocycles. The van der Waals surface area contributed by atoms with E-state index in [1.807, 2.05) is 24.5 Å². The molecule has 8 nitrogen and oxygen atoms in total. The van der Waals surface area contributed by atoms with E-state index in [4.69, 9.17) is 0 Å². The molecule has 0 bridgehead atoms. The maximum atomic E-state index is 13.0. The van der Waals surface area contributed by atoms with Gasteiger partial charge in [0, 0.05) is 31.0 Å². The molecule has 0 spiro atoms. The summed E-state index contributed by atoms with van der Waals surface area (Å²) < 4.78 is 52.9. The molecular formula is C21H23N3O5S4. The summed E-state index contributed by atoms with van der Waals surface area (Å²) in [5.74, 6) is -0.446. The van der Waals surface area contributed by atoms with Crippen LogP contribution in [0, 0.1) is 5.92 Å². The van der Waals surface area contributed by atoms with Crippen molar-refractivity contribution in [3.8, 4) is 0 Å². The molecule has 1 aromatic heterocycles. The molecule has 4 rings (SSSR count). The molecule has 1 saturated heterocycles. The first-order valence-corrected chi connectivity index (χ1v) is 15.5. The molecule has 1 amide bonds. The SMILES string of the molecule is CSc1nc2ccc(NC(=O)C3CCN(S(=O)(=O)c4cccc(S(C)(=O)=O)c4)CC3)cc2s1. The van der Waals surface area contributed by atoms with E-state index in [1.54, 1.807) is 23.1 Å². The Bertz CT molecular complexity index is 1410. The molecule has 1 N–H and O–H groups in total. The Labute approximate surface area is 201 Å². The lowest BCUT2D eigenvalue weighted by Crippen LogP contribution is -2.41. The molecule has 3 aromatic rings. The van der Waals surface area contributed by atoms with E-state index in [1.165, 1.54) is 28.6 Å². The van der Waals surface area contributed by atoms with E-state index in [0.29, 0.717) is 18.5 Å². The Morgan fingerprint density at radius 2 is 1.79 bits per heavy atom. The highest BCUT2D eigenvalue weighted by Crippen LogP contribution is 2.31. The number of rotatable bonds is 6. The van der Waals surface area contributed by atoms with Gasteiger partial charge in [-0.15, -0.1) is 11.3 Å². The first-order chi connectivity index (χ1) is 15.6. The van der Waals surface area contributed by atoms with Gasteiger partial charge in [-0.3, -0.25) is 4.79 Å². The number of benzene rings is 2. The predicted octanol–water partition coefficient (Wildman–Crippen LogP) is 3.46. The topological polar surface area (TPSA) is 114 Å². The summed E-state index contributed by atoms with van der Waals surface area (Å²) in [7, 11) is -7.37. The number of thiazole rings is 1. The van der Waals surface area contributed by atoms with Crippen LogP contribution in [0.15, 0.2) is 56.6 Å². The monoisotopic (exact) mass is 525 g/mol. The summed E-state index contributed by atoms with van der Waals surface area (Å²) in [5.41, 5.74) is 1.58. The van der Waals surface area contributed by atoms with Gasteiger partial charge in [-0.05, 0) is 55.5 Å². The molecule has 0 atom stereocenters. The van der Waals surface area contributed by atoms with Crippen molar-refractivity contribution in [1.82, 2.24) is 9.29 Å². The van der Waals surface area contributed by atoms with Crippen LogP contribution in [0.3, 0.4) is 0 Å². The van der Waals surface area contributed by atoms with E-state index < -0.39 is 19.9 Å². The normalized spacial score (nSPS) is 16.2. The van der Waals surface area contributed by atoms with E-state index in [2.05, 4.69) is 10.3 Å². The number of thioether (sulfide) groups is 1. The second-order valence-electron chi connectivity index (χ2n) is 7.78. The van der Waals surface area contributed by atoms with Gasteiger partial charge in [0.05, 0.1) is 20.0 Å². The third-order valence-corrected chi connectivity index (χ3v) is 10.5. The fraction of sp³-hybridized carbons (Fsp3) is 0.333. The number of hydrogen-bond donors (Lipinski definition) is 1. The fourth-order valence-electron chi connectivity index (χ4n) is 3.69. The van der Waals surface area contributed by atoms with Crippen molar-refractivity contribution in [2.75, 3.05) is 30.9 Å². The summed E-state index contributed by atoms with van der Waals surface area (Å²) in [6, 6.07) is 11.0. The summed E-state index contributed by atoms with van der Waals surface area (Å²) in [4.78, 5) is 17.2. The number of sulfonamides is 1. The summed E-state index contributed by atoms with van der Waals surface area (Å²) >= 11 is 3.14. The largest absolute Gasteiger partial charge is 0.326 e. The van der Waals surface area contributed by atoms with Crippen LogP contribution in [0.4, 0.5) is 5.69 Å². The number of hydrogen-bond acceptors (Lipinski definition) is 8. The molecule has 176 valence electrons. The number of piperidine rings is 1. The van der Waals surface area contributed by atoms with Crippen molar-refractivity contribution in [2.45, 2.75) is 27.0 Å². The second-order valence-corrected chi connectivity index (χ2v) is 13.8. The number of carbonyl (C=O) groups is 1. The number of fused-ring (bicyclic) bond motifs is 1. The number of amides is 1. The second kappa shape index (κ2) is 9.34. The van der Waals surface area contributed by atoms with Gasteiger partial charge in [0.1, 0.15) is 0 Å². The molecule has 12 heteroatoms. The quantitative estimate of drug-likeness (QED) is 0.490. The molecule has 33 heavy (non-hydrogen) atoms. The summed E-state index contributed by atoms with van der Waals surface area (Å²) in [6.07, 6.45) is 3.78. The van der Waals surface area contributed by atoms with Crippen LogP contribution in [0.25, 0.3) is 10.2 Å². The highest BCUT2D eigenvalue weighted by Gasteiger charge is 2.32. The minimum atomic E-state index is -3.85. The number of nitrogens with zero attached hydrogens (tertiary/aromatic N) is 2. The molecule has 1 fully saturated rings. The number of aromatic nitrogens is 1. The third-order valence-electron chi connectivity index (χ3n) is 5.51. The van der Waals surface area contributed by atoms with Crippen LogP contribution in [0.5, 0.6) is 0 Å². The zero-order valence-electron chi connectivity index (χ0n) is 18.0. The summed E-state index contributed by atoms with van der Waals surface area (Å²) in [5, 5.41) is 2.94. The molecule has 2 aromatic carbocycles. The van der Waals surface area contributed by atoms with Gasteiger partial charge in [-0.1, -0.05) is 17.8 Å². The standard InChI is InChI=1S/C21H23N3O5S4/c1-30-21-23-18-7-6-15(12-19(18)31-21)22-20(25)14-8-10-24(11-9-14)33(28,29)17-5-3-4-16(13-17)32(2,26)27/h3-7,12-14H,8-11H2,1-2H3,(H,22,25). The molecular weight excluding hydrogens is 503 g/mol. The average molecular weight is 526 g/mol. The lowest BCUT2D eigenvalue weighted by Gasteiger charge is -2.30. The molecule has 1 aliphatic rings. The highest BCUT2D eigenvalue weighted by molar-refractivity contribution is 8.00. The number of sulfone groups is 1. The summed E-state index contributed by atoms with van der Waals surface area (Å²) in [6.45, 7) is 0.378. The van der Waals surface area contributed by atoms with Crippen LogP contribution in [0.2, 0.25) is 0 Å². The van der Waals surface area contributed by atoms with Crippen molar-refractivity contribution in [2.24, 2.45) is 5.92 Å². The number of nitrogens with one attached hydrogen (secondary N) is 1. The van der Waals surface area contributed by atoms with Crippen molar-refractivity contribution < 1.29 is 21.6 Å². The molecule has 0 aliphatic carbocycles. The molecule has 2 heterocycles. The predicted molar refractivity (Wildman–Crippen MR) is 131 cm³/mol. The lowest BCUT2D eigenvalue weighted by atomic mass is 9.97. The van der Waals surface area contributed by atoms with Gasteiger partial charge in [-0.25, -0.2) is 21.8 Å². The minimum Gasteiger partial charge on any atom is -0.326 e. The van der Waals surface area contributed by atoms with Crippen LogP contribution in [0.1, 0.15) is 12.8 Å². The maximum absolute atomic E-state index is 13.0. The Kier molecular flexibility index (Phi) is 6.83. The van der Waals surface area contributed by atoms with E-state index in [9.17, 15) is 21.6 Å². The van der Waals surface area contributed by atoms with Gasteiger partial charge in [0.15, 0.2) is 14.2 Å². The van der Waals surface area contributed by atoms with E-state index >= 15 is 0 Å². The number of carbonyl (C=O) groups excluding carboxylic acids is 1. The average Bonchev–Trinajstić information content (AvgIpc) is 3.21. The Hall–Kier alpha value is -1.99. The number of anilines is 1. The van der Waals surface area contributed by atoms with Crippen LogP contribution >= 0.6 is 23.1 Å². The molecule has 0 radical (unpaired) electrons. The van der Waals surface area contributed by atoms with E-state index in [-0.39, 0.29) is 34.7 Å². The van der Waals surface area contributed by atoms with Gasteiger partial charge in [0.2, 0.25) is 15.9 Å². The molecule has 0 saturated carbocycles. The first-order valence-electron chi connectivity index (χ1n) is 10.1. The first kappa shape index (κ1) is 24.1. The Morgan fingerprint density at radius 1 is 1.09 bits per heavy atom. The van der Waals surface area contributed by atoms with Crippen molar-refractivity contribution in [1.29, 1.82) is 0 Å². The van der Waals surface area contributed by atoms with Crippen molar-refractivity contribution >= 4 is 64.8 Å². The van der Waals surface area contributed by atoms with E-state index in [0.717, 1.165) is 20.8 Å². The highest BCUT2D eigenvalue weighted by atomic mass is 32.2. The van der Waals surface area contributed by atoms with Crippen molar-refractivity contribution in [3.05, 3.63) is 42.5 Å². The fourth-order valence-corrected chi connectivity index (χ4v) is 7.47. The van der Waals surface area contributed by atoms with Gasteiger partial charge >= 0.3 is 0 Å². The van der Waals surface area contributed by atoms with Crippen molar-refractivity contribution in [3.63, 3.8) is 0 Å². The lowest BCUT2D eigenvalue weighted by molar-refractivity contribution is -0.120. The van der Waals surface area contributed by atoms with Crippen LogP contribution in [-0.2, 0) is 24.7 Å². The van der Waals surface area contributed by atoms with Gasteiger partial charge < -0.3 is 5.32 Å². The smallest absolute Gasteiger partial charge is 0.243 e. The zero-order valence-corrected chi connectivity index (χ0v) is 21.3. The zero-order chi connectivity index (χ0) is 23.8. The third kappa shape index (κ3) is 5.24. The Morgan fingerprint density at radius 3 is 2.45 bits per heavy atom. The molecule has 0 unspecified atom stereocenters. The Balaban J connectivity index is 1.41. The van der Waals surface area contributed by atoms with Crippen LogP contribution < -0.4 is 5.32 Å². The van der Waals surface area contributed by atoms with Gasteiger partial charge in [-0.2, -0.15) is 4.31 Å². The van der Waals surface area contributed by atoms with Gasteiger partial charge in [0.25, 0.3) is 0 Å². The van der Waals surface area contributed by atoms with Crippen LogP contribution in [-0.4, -0.2) is 57.6 Å².